The second-order valence-corrected chi connectivity index (χ2v) is 2.86. The van der Waals surface area contributed by atoms with Crippen LogP contribution in [0.25, 0.3) is 10.9 Å². The molecule has 1 aromatic carbocycles. The highest BCUT2D eigenvalue weighted by Crippen LogP contribution is 2.16. The Morgan fingerprint density at radius 2 is 2.19 bits per heavy atom. The fourth-order valence-electron chi connectivity index (χ4n) is 1.16. The molecule has 1 heterocycles. The van der Waals surface area contributed by atoms with Crippen LogP contribution in [-0.2, 0) is 4.79 Å². The number of hydrogen-bond acceptors (Lipinski definition) is 6. The number of carboxylic acids is 1. The van der Waals surface area contributed by atoms with Gasteiger partial charge in [0, 0.05) is 5.39 Å². The summed E-state index contributed by atoms with van der Waals surface area (Å²) in [5, 5.41) is 23.6. The average Bonchev–Trinajstić information content (AvgIpc) is 2.29. The number of fused-ring (bicyclic) bond motifs is 1. The van der Waals surface area contributed by atoms with Gasteiger partial charge in [-0.15, -0.1) is 10.2 Å². The normalized spacial score (nSPS) is 10.8. The molecule has 0 amide bonds. The number of aromatic nitrogens is 3. The number of hydrogen-bond donors (Lipinski definition) is 2. The third-order valence-corrected chi connectivity index (χ3v) is 1.80. The van der Waals surface area contributed by atoms with E-state index < -0.39 is 5.97 Å². The fraction of sp³-hybridized carbons (Fsp3) is 0. The van der Waals surface area contributed by atoms with Crippen LogP contribution in [0.15, 0.2) is 29.4 Å². The Labute approximate surface area is 89.8 Å². The van der Waals surface area contributed by atoms with Crippen molar-refractivity contribution in [3.63, 3.8) is 0 Å². The summed E-state index contributed by atoms with van der Waals surface area (Å²) in [6.45, 7) is 0. The smallest absolute Gasteiger partial charge is 0.348 e. The van der Waals surface area contributed by atoms with Crippen LogP contribution in [0.5, 0.6) is 0 Å². The third kappa shape index (κ3) is 2.08. The molecule has 0 saturated heterocycles. The molecule has 0 saturated carbocycles. The molecule has 7 heteroatoms. The first kappa shape index (κ1) is 9.97. The molecule has 1 aromatic heterocycles. The molecule has 2 aromatic rings. The second-order valence-electron chi connectivity index (χ2n) is 2.86. The van der Waals surface area contributed by atoms with E-state index in [0.29, 0.717) is 11.3 Å². The number of nitrogens with zero attached hydrogens (tertiary/aromatic N) is 4. The molecule has 0 fully saturated rings. The largest absolute Gasteiger partial charge is 0.477 e. The highest BCUT2D eigenvalue weighted by Gasteiger charge is 2.02. The number of nitrogens with one attached hydrogen (secondary N) is 1. The summed E-state index contributed by atoms with van der Waals surface area (Å²) in [5.41, 5.74) is 3.15. The zero-order chi connectivity index (χ0) is 11.4. The number of carboxylic acid groups (broad SMARTS) is 1. The van der Waals surface area contributed by atoms with Gasteiger partial charge in [-0.05, 0) is 17.3 Å². The molecule has 0 aliphatic heterocycles. The molecular formula is C9H7N5O2. The van der Waals surface area contributed by atoms with Crippen molar-refractivity contribution in [2.75, 3.05) is 5.43 Å². The molecule has 0 aliphatic rings. The molecule has 2 N–H and O–H groups in total. The SMILES string of the molecule is O=C(O)/C=N\Nc1nnnc2ccccc12. The van der Waals surface area contributed by atoms with Crippen LogP contribution < -0.4 is 5.43 Å². The second kappa shape index (κ2) is 4.30. The summed E-state index contributed by atoms with van der Waals surface area (Å²) in [6.07, 6.45) is 0.733. The molecule has 80 valence electrons. The first-order chi connectivity index (χ1) is 7.77. The minimum atomic E-state index is -1.14. The van der Waals surface area contributed by atoms with E-state index in [1.165, 1.54) is 0 Å². The molecule has 16 heavy (non-hydrogen) atoms. The molecule has 0 aliphatic carbocycles. The van der Waals surface area contributed by atoms with Gasteiger partial charge in [0.05, 0.1) is 5.52 Å². The lowest BCUT2D eigenvalue weighted by Gasteiger charge is -2.00. The van der Waals surface area contributed by atoms with E-state index in [4.69, 9.17) is 5.11 Å². The number of rotatable bonds is 3. The van der Waals surface area contributed by atoms with Gasteiger partial charge in [0.2, 0.25) is 0 Å². The monoisotopic (exact) mass is 217 g/mol. The summed E-state index contributed by atoms with van der Waals surface area (Å²) in [4.78, 5) is 10.2. The van der Waals surface area contributed by atoms with Gasteiger partial charge in [0.25, 0.3) is 0 Å². The lowest BCUT2D eigenvalue weighted by atomic mass is 10.2. The summed E-state index contributed by atoms with van der Waals surface area (Å²) in [7, 11) is 0. The number of anilines is 1. The lowest BCUT2D eigenvalue weighted by molar-refractivity contribution is -0.128. The van der Waals surface area contributed by atoms with Crippen LogP contribution in [0.1, 0.15) is 0 Å². The maximum atomic E-state index is 10.2. The van der Waals surface area contributed by atoms with Gasteiger partial charge in [-0.2, -0.15) is 5.10 Å². The molecule has 0 unspecified atom stereocenters. The van der Waals surface area contributed by atoms with Crippen LogP contribution in [0.3, 0.4) is 0 Å². The van der Waals surface area contributed by atoms with E-state index in [1.807, 2.05) is 12.1 Å². The fourth-order valence-corrected chi connectivity index (χ4v) is 1.16. The van der Waals surface area contributed by atoms with E-state index in [-0.39, 0.29) is 0 Å². The zero-order valence-corrected chi connectivity index (χ0v) is 8.03. The van der Waals surface area contributed by atoms with Crippen molar-refractivity contribution in [2.24, 2.45) is 5.10 Å². The first-order valence-electron chi connectivity index (χ1n) is 4.37. The van der Waals surface area contributed by atoms with Crippen molar-refractivity contribution in [2.45, 2.75) is 0 Å². The van der Waals surface area contributed by atoms with Crippen LogP contribution in [-0.4, -0.2) is 32.7 Å². The zero-order valence-electron chi connectivity index (χ0n) is 8.03. The summed E-state index contributed by atoms with van der Waals surface area (Å²) < 4.78 is 0. The Bertz CT molecular complexity index is 549. The Balaban J connectivity index is 2.34. The Morgan fingerprint density at radius 1 is 1.38 bits per heavy atom. The van der Waals surface area contributed by atoms with Gasteiger partial charge in [-0.1, -0.05) is 12.1 Å². The van der Waals surface area contributed by atoms with Crippen molar-refractivity contribution in [3.05, 3.63) is 24.3 Å². The summed E-state index contributed by atoms with van der Waals surface area (Å²) in [5.74, 6) is -0.776. The predicted molar refractivity (Wildman–Crippen MR) is 57.1 cm³/mol. The highest BCUT2D eigenvalue weighted by atomic mass is 16.4. The lowest BCUT2D eigenvalue weighted by Crippen LogP contribution is -2.01. The first-order valence-corrected chi connectivity index (χ1v) is 4.37. The van der Waals surface area contributed by atoms with Crippen molar-refractivity contribution in [1.82, 2.24) is 15.4 Å². The molecule has 0 radical (unpaired) electrons. The van der Waals surface area contributed by atoms with Gasteiger partial charge < -0.3 is 5.11 Å². The molecular weight excluding hydrogens is 210 g/mol. The van der Waals surface area contributed by atoms with Gasteiger partial charge in [0.15, 0.2) is 5.82 Å². The van der Waals surface area contributed by atoms with Crippen molar-refractivity contribution < 1.29 is 9.90 Å². The van der Waals surface area contributed by atoms with Crippen molar-refractivity contribution in [3.8, 4) is 0 Å². The van der Waals surface area contributed by atoms with Gasteiger partial charge >= 0.3 is 5.97 Å². The number of hydrazone groups is 1. The molecule has 7 nitrogen and oxygen atoms in total. The van der Waals surface area contributed by atoms with E-state index in [0.717, 1.165) is 11.6 Å². The van der Waals surface area contributed by atoms with Crippen molar-refractivity contribution >= 4 is 28.9 Å². The van der Waals surface area contributed by atoms with Crippen LogP contribution in [0.4, 0.5) is 5.82 Å². The minimum absolute atomic E-state index is 0.364. The van der Waals surface area contributed by atoms with Gasteiger partial charge in [-0.25, -0.2) is 4.79 Å². The standard InChI is InChI=1S/C9H7N5O2/c15-8(16)5-10-12-9-6-3-1-2-4-7(6)11-14-13-9/h1-5H,(H,15,16)(H,11,12,13)/b10-5-. The summed E-state index contributed by atoms with van der Waals surface area (Å²) >= 11 is 0. The van der Waals surface area contributed by atoms with Crippen LogP contribution in [0, 0.1) is 0 Å². The predicted octanol–water partition coefficient (Wildman–Crippen LogP) is 0.507. The van der Waals surface area contributed by atoms with E-state index in [2.05, 4.69) is 25.9 Å². The van der Waals surface area contributed by atoms with E-state index in [9.17, 15) is 4.79 Å². The average molecular weight is 217 g/mol. The van der Waals surface area contributed by atoms with Crippen molar-refractivity contribution in [1.29, 1.82) is 0 Å². The topological polar surface area (TPSA) is 100 Å². The Kier molecular flexibility index (Phi) is 2.68. The summed E-state index contributed by atoms with van der Waals surface area (Å²) in [6, 6.07) is 7.20. The third-order valence-electron chi connectivity index (χ3n) is 1.80. The molecule has 0 atom stereocenters. The van der Waals surface area contributed by atoms with Gasteiger partial charge in [-0.3, -0.25) is 5.43 Å². The Hall–Kier alpha value is -2.57. The van der Waals surface area contributed by atoms with E-state index in [1.54, 1.807) is 12.1 Å². The van der Waals surface area contributed by atoms with Gasteiger partial charge in [0.1, 0.15) is 6.21 Å². The number of aliphatic carboxylic acids is 1. The molecule has 2 rings (SSSR count). The van der Waals surface area contributed by atoms with E-state index >= 15 is 0 Å². The number of carbonyl (C=O) groups is 1. The maximum absolute atomic E-state index is 10.2. The maximum Gasteiger partial charge on any atom is 0.348 e. The highest BCUT2D eigenvalue weighted by molar-refractivity contribution is 6.22. The van der Waals surface area contributed by atoms with Crippen LogP contribution >= 0.6 is 0 Å². The number of benzene rings is 1. The minimum Gasteiger partial charge on any atom is -0.477 e. The molecule has 0 bridgehead atoms. The molecule has 0 spiro atoms. The Morgan fingerprint density at radius 3 is 3.00 bits per heavy atom. The quantitative estimate of drug-likeness (QED) is 0.573. The van der Waals surface area contributed by atoms with Crippen LogP contribution in [0.2, 0.25) is 0 Å².